The molecule has 1 saturated heterocycles. The summed E-state index contributed by atoms with van der Waals surface area (Å²) in [5.74, 6) is -0.429. The number of rotatable bonds is 5. The molecular formula is C39H52ClN3O7S. The standard InChI is InChI=1S/C39H52ClN3O7S/c1-27-5-3-14-39(25-44,50-20-17-42-15-18-48-19-16-42)34-10-7-30(34)23-43-24-38(13-4-6-29-21-31(40)8-11-33(29)38)26-49-36-12-9-32(22-35(36)43)51(46,47)41-37(45)28(27)2/h3,8-9,11-12,14,21-22,27-28,30,34,44H,4-7,10,13,15-20,23-26H2,1-2H3,(H,41,45)/b14-3+/t27-,28+,30-,34+,38-,39-/m0/s1. The van der Waals surface area contributed by atoms with Gasteiger partial charge in [0.2, 0.25) is 5.91 Å². The number of amides is 1. The normalized spacial score (nSPS) is 33.2. The first-order chi connectivity index (χ1) is 24.5. The third-order valence-corrected chi connectivity index (χ3v) is 13.9. The molecule has 51 heavy (non-hydrogen) atoms. The highest BCUT2D eigenvalue weighted by atomic mass is 35.5. The van der Waals surface area contributed by atoms with Crippen LogP contribution >= 0.6 is 11.6 Å². The number of aliphatic hydroxyl groups excluding tert-OH is 1. The lowest BCUT2D eigenvalue weighted by Crippen LogP contribution is -2.55. The van der Waals surface area contributed by atoms with Crippen molar-refractivity contribution in [2.24, 2.45) is 23.7 Å². The van der Waals surface area contributed by atoms with E-state index in [0.29, 0.717) is 62.4 Å². The average molecular weight is 742 g/mol. The van der Waals surface area contributed by atoms with Gasteiger partial charge >= 0.3 is 0 Å². The predicted molar refractivity (Wildman–Crippen MR) is 197 cm³/mol. The molecule has 2 bridgehead atoms. The third kappa shape index (κ3) is 7.44. The summed E-state index contributed by atoms with van der Waals surface area (Å²) in [6.07, 6.45) is 9.31. The van der Waals surface area contributed by atoms with E-state index in [1.165, 1.54) is 17.2 Å². The summed E-state index contributed by atoms with van der Waals surface area (Å²) in [4.78, 5) is 18.0. The number of hydrogen-bond acceptors (Lipinski definition) is 9. The Bertz CT molecular complexity index is 1730. The zero-order chi connectivity index (χ0) is 35.8. The molecule has 2 aromatic carbocycles. The Kier molecular flexibility index (Phi) is 10.8. The number of morpholine rings is 1. The van der Waals surface area contributed by atoms with E-state index in [9.17, 15) is 18.3 Å². The molecule has 12 heteroatoms. The molecule has 3 aliphatic heterocycles. The van der Waals surface area contributed by atoms with Crippen molar-refractivity contribution in [1.29, 1.82) is 0 Å². The number of aliphatic hydroxyl groups is 1. The highest BCUT2D eigenvalue weighted by Crippen LogP contribution is 2.49. The molecule has 278 valence electrons. The van der Waals surface area contributed by atoms with Gasteiger partial charge in [0.15, 0.2) is 0 Å². The zero-order valence-electron chi connectivity index (χ0n) is 29.8. The number of nitrogens with one attached hydrogen (secondary N) is 1. The van der Waals surface area contributed by atoms with E-state index >= 15 is 0 Å². The van der Waals surface area contributed by atoms with Crippen LogP contribution in [0.25, 0.3) is 0 Å². The first-order valence-electron chi connectivity index (χ1n) is 18.6. The highest BCUT2D eigenvalue weighted by molar-refractivity contribution is 7.90. The van der Waals surface area contributed by atoms with E-state index in [4.69, 9.17) is 25.8 Å². The maximum absolute atomic E-state index is 13.7. The van der Waals surface area contributed by atoms with Gasteiger partial charge in [0.25, 0.3) is 10.0 Å². The minimum absolute atomic E-state index is 0.0307. The molecule has 1 amide bonds. The second-order valence-corrected chi connectivity index (χ2v) is 17.6. The van der Waals surface area contributed by atoms with Gasteiger partial charge in [-0.1, -0.05) is 43.7 Å². The number of halogens is 1. The monoisotopic (exact) mass is 741 g/mol. The average Bonchev–Trinajstić information content (AvgIpc) is 3.26. The van der Waals surface area contributed by atoms with Crippen LogP contribution in [0.2, 0.25) is 5.02 Å². The number of fused-ring (bicyclic) bond motifs is 4. The summed E-state index contributed by atoms with van der Waals surface area (Å²) in [6, 6.07) is 11.1. The lowest BCUT2D eigenvalue weighted by Gasteiger charge is -2.50. The number of anilines is 1. The summed E-state index contributed by atoms with van der Waals surface area (Å²) in [7, 11) is -4.15. The number of nitrogens with zero attached hydrogens (tertiary/aromatic N) is 2. The second kappa shape index (κ2) is 15.0. The largest absolute Gasteiger partial charge is 0.490 e. The smallest absolute Gasteiger partial charge is 0.264 e. The molecular weight excluding hydrogens is 690 g/mol. The first-order valence-corrected chi connectivity index (χ1v) is 20.5. The molecule has 0 unspecified atom stereocenters. The first kappa shape index (κ1) is 36.7. The van der Waals surface area contributed by atoms with Gasteiger partial charge in [-0.3, -0.25) is 9.69 Å². The molecule has 10 nitrogen and oxygen atoms in total. The van der Waals surface area contributed by atoms with Crippen LogP contribution in [0.1, 0.15) is 57.1 Å². The Balaban J connectivity index is 1.28. The van der Waals surface area contributed by atoms with Gasteiger partial charge in [0, 0.05) is 49.1 Å². The van der Waals surface area contributed by atoms with Crippen LogP contribution in [0, 0.1) is 23.7 Å². The Labute approximate surface area is 307 Å². The van der Waals surface area contributed by atoms with Crippen LogP contribution in [0.5, 0.6) is 5.75 Å². The minimum Gasteiger partial charge on any atom is -0.490 e. The SMILES string of the molecule is C[C@H]1C/C=C/[C@@](CO)(OCCN2CCOCC2)[C@@H]2CC[C@H]2CN2C[C@@]3(CCCc4cc(Cl)ccc43)COc3ccc(cc32)S(=O)(=O)NC(=O)[C@@H]1C. The van der Waals surface area contributed by atoms with E-state index in [1.807, 2.05) is 25.1 Å². The molecule has 1 spiro atoms. The summed E-state index contributed by atoms with van der Waals surface area (Å²) in [5.41, 5.74) is 1.93. The fourth-order valence-corrected chi connectivity index (χ4v) is 10.2. The van der Waals surface area contributed by atoms with Gasteiger partial charge in [-0.05, 0) is 97.7 Å². The molecule has 2 aliphatic carbocycles. The minimum atomic E-state index is -4.15. The number of hydrogen-bond donors (Lipinski definition) is 2. The zero-order valence-corrected chi connectivity index (χ0v) is 31.4. The van der Waals surface area contributed by atoms with Crippen molar-refractivity contribution in [2.75, 3.05) is 70.7 Å². The van der Waals surface area contributed by atoms with Gasteiger partial charge < -0.3 is 24.2 Å². The molecule has 0 radical (unpaired) electrons. The van der Waals surface area contributed by atoms with E-state index in [2.05, 4.69) is 26.7 Å². The molecule has 6 atom stereocenters. The van der Waals surface area contributed by atoms with Gasteiger partial charge in [-0.25, -0.2) is 13.1 Å². The summed E-state index contributed by atoms with van der Waals surface area (Å²) in [6.45, 7) is 9.64. The lowest BCUT2D eigenvalue weighted by molar-refractivity contribution is -0.128. The Morgan fingerprint density at radius 1 is 1.12 bits per heavy atom. The summed E-state index contributed by atoms with van der Waals surface area (Å²) < 4.78 is 48.7. The predicted octanol–water partition coefficient (Wildman–Crippen LogP) is 4.96. The Hall–Kier alpha value is -2.67. The number of benzene rings is 2. The molecule has 2 N–H and O–H groups in total. The number of ether oxygens (including phenoxy) is 3. The lowest BCUT2D eigenvalue weighted by atomic mass is 9.64. The second-order valence-electron chi connectivity index (χ2n) is 15.5. The molecule has 0 aromatic heterocycles. The van der Waals surface area contributed by atoms with E-state index in [0.717, 1.165) is 51.7 Å². The Morgan fingerprint density at radius 3 is 2.71 bits per heavy atom. The van der Waals surface area contributed by atoms with Crippen molar-refractivity contribution in [1.82, 2.24) is 9.62 Å². The van der Waals surface area contributed by atoms with E-state index in [1.54, 1.807) is 19.1 Å². The van der Waals surface area contributed by atoms with Crippen molar-refractivity contribution >= 4 is 33.2 Å². The number of sulfonamides is 1. The molecule has 2 aromatic rings. The molecule has 3 heterocycles. The fourth-order valence-electron chi connectivity index (χ4n) is 8.89. The Morgan fingerprint density at radius 2 is 1.94 bits per heavy atom. The van der Waals surface area contributed by atoms with Gasteiger partial charge in [-0.15, -0.1) is 0 Å². The topological polar surface area (TPSA) is 118 Å². The quantitative estimate of drug-likeness (QED) is 0.411. The maximum atomic E-state index is 13.7. The summed E-state index contributed by atoms with van der Waals surface area (Å²) in [5, 5.41) is 11.9. The number of carbonyl (C=O) groups is 1. The molecule has 7 rings (SSSR count). The fraction of sp³-hybridized carbons (Fsp3) is 0.615. The number of carbonyl (C=O) groups excluding carboxylic acids is 1. The van der Waals surface area contributed by atoms with Gasteiger partial charge in [-0.2, -0.15) is 0 Å². The summed E-state index contributed by atoms with van der Waals surface area (Å²) >= 11 is 6.46. The van der Waals surface area contributed by atoms with Gasteiger partial charge in [0.1, 0.15) is 11.4 Å². The van der Waals surface area contributed by atoms with E-state index in [-0.39, 0.29) is 34.7 Å². The van der Waals surface area contributed by atoms with Crippen molar-refractivity contribution in [3.63, 3.8) is 0 Å². The van der Waals surface area contributed by atoms with Crippen molar-refractivity contribution < 1.29 is 32.5 Å². The van der Waals surface area contributed by atoms with Gasteiger partial charge in [0.05, 0.1) is 43.6 Å². The van der Waals surface area contributed by atoms with Crippen LogP contribution in [-0.2, 0) is 36.1 Å². The van der Waals surface area contributed by atoms with Crippen LogP contribution in [0.3, 0.4) is 0 Å². The van der Waals surface area contributed by atoms with Crippen LogP contribution in [0.15, 0.2) is 53.4 Å². The van der Waals surface area contributed by atoms with Crippen LogP contribution in [0.4, 0.5) is 5.69 Å². The van der Waals surface area contributed by atoms with Crippen LogP contribution < -0.4 is 14.4 Å². The number of allylic oxidation sites excluding steroid dienone is 1. The highest BCUT2D eigenvalue weighted by Gasteiger charge is 2.49. The van der Waals surface area contributed by atoms with E-state index < -0.39 is 27.4 Å². The molecule has 1 saturated carbocycles. The third-order valence-electron chi connectivity index (χ3n) is 12.4. The van der Waals surface area contributed by atoms with Crippen LogP contribution in [-0.4, -0.2) is 95.7 Å². The molecule has 5 aliphatic rings. The van der Waals surface area contributed by atoms with Crippen molar-refractivity contribution in [3.05, 3.63) is 64.7 Å². The molecule has 2 fully saturated rings. The maximum Gasteiger partial charge on any atom is 0.264 e. The number of aryl methyl sites for hydroxylation is 1. The van der Waals surface area contributed by atoms with Crippen molar-refractivity contribution in [3.8, 4) is 5.75 Å². The van der Waals surface area contributed by atoms with Crippen molar-refractivity contribution in [2.45, 2.75) is 68.3 Å².